The second kappa shape index (κ2) is 6.68. The van der Waals surface area contributed by atoms with E-state index in [1.165, 1.54) is 0 Å². The molecule has 0 bridgehead atoms. The molecule has 0 fully saturated rings. The zero-order valence-corrected chi connectivity index (χ0v) is 14.0. The molecule has 1 aromatic rings. The smallest absolute Gasteiger partial charge is 0.206 e. The predicted molar refractivity (Wildman–Crippen MR) is 66.7 cm³/mol. The maximum atomic E-state index is 12.9. The highest BCUT2D eigenvalue weighted by Crippen LogP contribution is 2.40. The molecule has 0 unspecified atom stereocenters. The number of sulfonamides is 2. The van der Waals surface area contributed by atoms with E-state index in [-0.39, 0.29) is 4.13 Å². The average molecular weight is 475 g/mol. The summed E-state index contributed by atoms with van der Waals surface area (Å²) in [5.41, 5.74) is -4.58. The van der Waals surface area contributed by atoms with E-state index in [1.807, 2.05) is 0 Å². The lowest BCUT2D eigenvalue weighted by Gasteiger charge is -2.20. The highest BCUT2D eigenvalue weighted by molar-refractivity contribution is 8.05. The van der Waals surface area contributed by atoms with Gasteiger partial charge >= 0.3 is 33.8 Å². The van der Waals surface area contributed by atoms with E-state index >= 15 is 0 Å². The quantitative estimate of drug-likeness (QED) is 0.677. The molecule has 0 heterocycles. The summed E-state index contributed by atoms with van der Waals surface area (Å²) in [7, 11) is -13.4. The Morgan fingerprint density at radius 3 is 1.29 bits per heavy atom. The van der Waals surface area contributed by atoms with Gasteiger partial charge in [-0.05, 0) is 18.2 Å². The second-order valence-electron chi connectivity index (χ2n) is 4.85. The van der Waals surface area contributed by atoms with Crippen LogP contribution in [0.15, 0.2) is 23.1 Å². The van der Waals surface area contributed by atoms with Crippen LogP contribution in [0.3, 0.4) is 0 Å². The van der Waals surface area contributed by atoms with Gasteiger partial charge in [-0.25, -0.2) is 16.8 Å². The van der Waals surface area contributed by atoms with Crippen molar-refractivity contribution >= 4 is 20.0 Å². The summed E-state index contributed by atoms with van der Waals surface area (Å²) >= 11 is 0. The molecule has 0 saturated heterocycles. The topological polar surface area (TPSA) is 80.3 Å². The van der Waals surface area contributed by atoms with Crippen molar-refractivity contribution < 1.29 is 65.1 Å². The summed E-state index contributed by atoms with van der Waals surface area (Å²) in [6.45, 7) is 0. The molecular weight excluding hydrogens is 471 g/mol. The normalized spacial score (nSPS) is 15.0. The van der Waals surface area contributed by atoms with Gasteiger partial charge in [0.05, 0.1) is 16.0 Å². The van der Waals surface area contributed by atoms with E-state index in [0.29, 0.717) is 0 Å². The Morgan fingerprint density at radius 2 is 1.00 bits per heavy atom. The van der Waals surface area contributed by atoms with Crippen LogP contribution >= 0.6 is 0 Å². The summed E-state index contributed by atoms with van der Waals surface area (Å²) in [5.74, 6) is 0. The summed E-state index contributed by atoms with van der Waals surface area (Å²) in [6.07, 6.45) is -18.1. The van der Waals surface area contributed by atoms with Crippen LogP contribution in [0, 0.1) is 0 Å². The minimum atomic E-state index is -7.18. The van der Waals surface area contributed by atoms with Crippen LogP contribution in [0.1, 0.15) is 11.1 Å². The Morgan fingerprint density at radius 1 is 0.643 bits per heavy atom. The number of benzene rings is 1. The lowest BCUT2D eigenvalue weighted by molar-refractivity contribution is -0.241. The van der Waals surface area contributed by atoms with Crippen molar-refractivity contribution in [2.45, 2.75) is 28.7 Å². The monoisotopic (exact) mass is 475 g/mol. The molecule has 0 aliphatic carbocycles. The third kappa shape index (κ3) is 4.83. The molecule has 18 heteroatoms. The van der Waals surface area contributed by atoms with E-state index in [0.717, 1.165) is 0 Å². The Bertz CT molecular complexity index is 926. The first-order valence-corrected chi connectivity index (χ1v) is 9.01. The zero-order chi connectivity index (χ0) is 22.6. The minimum Gasteiger partial charge on any atom is -0.206 e. The van der Waals surface area contributed by atoms with Crippen molar-refractivity contribution in [3.63, 3.8) is 0 Å². The Balaban J connectivity index is 3.63. The van der Waals surface area contributed by atoms with Crippen LogP contribution < -0.4 is 4.13 Å². The first-order chi connectivity index (χ1) is 12.0. The molecule has 0 aromatic heterocycles. The third-order valence-corrected chi connectivity index (χ3v) is 6.28. The maximum absolute atomic E-state index is 12.9. The molecule has 5 nitrogen and oxygen atoms in total. The van der Waals surface area contributed by atoms with Crippen LogP contribution in [0.2, 0.25) is 0 Å². The molecule has 1 N–H and O–H groups in total. The number of rotatable bonds is 4. The fourth-order valence-corrected chi connectivity index (χ4v) is 4.31. The van der Waals surface area contributed by atoms with Crippen LogP contribution in [-0.2, 0) is 32.4 Å². The average Bonchev–Trinajstić information content (AvgIpc) is 2.42. The zero-order valence-electron chi connectivity index (χ0n) is 12.3. The second-order valence-corrected chi connectivity index (χ2v) is 8.51. The predicted octanol–water partition coefficient (Wildman–Crippen LogP) is 3.49. The van der Waals surface area contributed by atoms with Gasteiger partial charge in [-0.2, -0.15) is 48.3 Å². The fourth-order valence-electron chi connectivity index (χ4n) is 1.48. The van der Waals surface area contributed by atoms with E-state index < -0.39 is 78.1 Å². The third-order valence-electron chi connectivity index (χ3n) is 2.76. The van der Waals surface area contributed by atoms with Crippen molar-refractivity contribution in [3.05, 3.63) is 29.3 Å². The van der Waals surface area contributed by atoms with Crippen molar-refractivity contribution in [2.75, 3.05) is 0 Å². The molecule has 0 spiro atoms. The van der Waals surface area contributed by atoms with Gasteiger partial charge in [-0.15, -0.1) is 0 Å². The first-order valence-electron chi connectivity index (χ1n) is 6.04. The maximum Gasteiger partial charge on any atom is 0.471 e. The van der Waals surface area contributed by atoms with Crippen LogP contribution in [0.25, 0.3) is 0 Å². The SMILES string of the molecule is O=S(=O)(NS(=O)(=O)C(F)(F)C(F)(F)F)c1cc(C(F)(F)F)cc(C(F)(F)F)c1. The van der Waals surface area contributed by atoms with E-state index in [4.69, 9.17) is 0 Å². The van der Waals surface area contributed by atoms with Crippen LogP contribution in [0.4, 0.5) is 48.3 Å². The highest BCUT2D eigenvalue weighted by Gasteiger charge is 2.68. The lowest BCUT2D eigenvalue weighted by Crippen LogP contribution is -2.51. The van der Waals surface area contributed by atoms with Gasteiger partial charge in [0, 0.05) is 0 Å². The molecule has 1 aromatic carbocycles. The summed E-state index contributed by atoms with van der Waals surface area (Å²) < 4.78 is 183. The summed E-state index contributed by atoms with van der Waals surface area (Å²) in [4.78, 5) is -2.17. The van der Waals surface area contributed by atoms with Gasteiger partial charge in [0.15, 0.2) is 0 Å². The van der Waals surface area contributed by atoms with E-state index in [9.17, 15) is 65.1 Å². The van der Waals surface area contributed by atoms with Gasteiger partial charge in [0.25, 0.3) is 10.0 Å². The number of hydrogen-bond donors (Lipinski definition) is 1. The first kappa shape index (κ1) is 24.3. The molecule has 0 radical (unpaired) electrons. The molecule has 0 saturated carbocycles. The minimum absolute atomic E-state index is 0.207. The van der Waals surface area contributed by atoms with Crippen LogP contribution in [-0.4, -0.2) is 28.3 Å². The molecule has 162 valence electrons. The van der Waals surface area contributed by atoms with Gasteiger partial charge in [0.2, 0.25) is 0 Å². The van der Waals surface area contributed by atoms with Gasteiger partial charge in [-0.3, -0.25) is 0 Å². The van der Waals surface area contributed by atoms with E-state index in [1.54, 1.807) is 0 Å². The number of halogens is 11. The largest absolute Gasteiger partial charge is 0.471 e. The number of nitrogens with one attached hydrogen (secondary N) is 1. The van der Waals surface area contributed by atoms with Gasteiger partial charge in [-0.1, -0.05) is 4.13 Å². The van der Waals surface area contributed by atoms with Crippen LogP contribution in [0.5, 0.6) is 0 Å². The standard InChI is InChI=1S/C10H4F11NO4S2/c11-7(12,13)4-1-5(8(14,15)16)3-6(2-4)27(23,24)22-28(25,26)10(20,21)9(17,18)19/h1-3,22H. The fraction of sp³-hybridized carbons (Fsp3) is 0.400. The molecule has 1 rings (SSSR count). The molecule has 0 atom stereocenters. The highest BCUT2D eigenvalue weighted by atomic mass is 32.3. The molecule has 0 amide bonds. The lowest BCUT2D eigenvalue weighted by atomic mass is 10.1. The van der Waals surface area contributed by atoms with Crippen molar-refractivity contribution in [1.29, 1.82) is 0 Å². The Kier molecular flexibility index (Phi) is 5.81. The van der Waals surface area contributed by atoms with Crippen molar-refractivity contribution in [2.24, 2.45) is 0 Å². The molecular formula is C10H4F11NO4S2. The van der Waals surface area contributed by atoms with Gasteiger partial charge < -0.3 is 0 Å². The number of hydrogen-bond acceptors (Lipinski definition) is 4. The van der Waals surface area contributed by atoms with Crippen molar-refractivity contribution in [3.8, 4) is 0 Å². The number of alkyl halides is 11. The Labute approximate surface area is 148 Å². The van der Waals surface area contributed by atoms with E-state index in [2.05, 4.69) is 0 Å². The summed E-state index contributed by atoms with van der Waals surface area (Å²) in [5, 5.41) is -6.73. The molecule has 0 aliphatic heterocycles. The van der Waals surface area contributed by atoms with Crippen molar-refractivity contribution in [1.82, 2.24) is 4.13 Å². The summed E-state index contributed by atoms with van der Waals surface area (Å²) in [6, 6.07) is -1.75. The molecule has 28 heavy (non-hydrogen) atoms. The van der Waals surface area contributed by atoms with Gasteiger partial charge in [0.1, 0.15) is 0 Å². The Hall–Kier alpha value is -1.69. The molecule has 0 aliphatic rings.